The third kappa shape index (κ3) is 6.82. The van der Waals surface area contributed by atoms with E-state index in [9.17, 15) is 4.79 Å². The largest absolute Gasteiger partial charge is 0.373 e. The zero-order valence-electron chi connectivity index (χ0n) is 15.3. The Morgan fingerprint density at radius 2 is 1.57 bits per heavy atom. The number of nitrogens with one attached hydrogen (secondary N) is 1. The molecule has 0 heterocycles. The summed E-state index contributed by atoms with van der Waals surface area (Å²) in [4.78, 5) is 11.8. The second-order valence-corrected chi connectivity index (χ2v) is 6.88. The molecule has 1 N–H and O–H groups in total. The molecule has 126 valence electrons. The number of hydrogen-bond donors (Lipinski definition) is 1. The molecular weight excluding hydrogens is 262 g/mol. The van der Waals surface area contributed by atoms with Crippen LogP contribution in [0.3, 0.4) is 0 Å². The summed E-state index contributed by atoms with van der Waals surface area (Å²) in [6, 6.07) is 0. The van der Waals surface area contributed by atoms with Crippen molar-refractivity contribution in [3.8, 4) is 0 Å². The fourth-order valence-corrected chi connectivity index (χ4v) is 2.32. The second kappa shape index (κ2) is 9.45. The van der Waals surface area contributed by atoms with Gasteiger partial charge in [-0.15, -0.1) is 0 Å². The quantitative estimate of drug-likeness (QED) is 0.608. The van der Waals surface area contributed by atoms with Crippen LogP contribution in [0.1, 0.15) is 80.6 Å². The van der Waals surface area contributed by atoms with Crippen molar-refractivity contribution in [2.24, 2.45) is 11.3 Å². The minimum Gasteiger partial charge on any atom is -0.373 e. The first kappa shape index (κ1) is 20.4. The lowest BCUT2D eigenvalue weighted by Gasteiger charge is -2.35. The molecule has 0 aromatic heterocycles. The first-order valence-corrected chi connectivity index (χ1v) is 8.69. The average Bonchev–Trinajstić information content (AvgIpc) is 2.50. The van der Waals surface area contributed by atoms with E-state index in [0.29, 0.717) is 12.0 Å². The third-order valence-corrected chi connectivity index (χ3v) is 5.22. The summed E-state index contributed by atoms with van der Waals surface area (Å²) in [5.74, 6) is 0.136. The molecule has 0 saturated heterocycles. The number of ether oxygens (including phenoxy) is 1. The van der Waals surface area contributed by atoms with E-state index in [1.54, 1.807) is 0 Å². The molecule has 0 aliphatic rings. The monoisotopic (exact) mass is 299 g/mol. The van der Waals surface area contributed by atoms with E-state index in [1.807, 2.05) is 13.8 Å². The molecule has 1 amide bonds. The number of rotatable bonds is 11. The van der Waals surface area contributed by atoms with Crippen LogP contribution in [0.2, 0.25) is 0 Å². The molecule has 0 aromatic carbocycles. The Balaban J connectivity index is 4.49. The lowest BCUT2D eigenvalue weighted by molar-refractivity contribution is -0.126. The van der Waals surface area contributed by atoms with Crippen molar-refractivity contribution in [1.82, 2.24) is 5.32 Å². The topological polar surface area (TPSA) is 38.3 Å². The van der Waals surface area contributed by atoms with Gasteiger partial charge in [0.1, 0.15) is 0 Å². The van der Waals surface area contributed by atoms with Gasteiger partial charge < -0.3 is 10.1 Å². The first-order chi connectivity index (χ1) is 9.78. The van der Waals surface area contributed by atoms with E-state index in [1.165, 1.54) is 12.8 Å². The van der Waals surface area contributed by atoms with Gasteiger partial charge >= 0.3 is 0 Å². The zero-order valence-corrected chi connectivity index (χ0v) is 15.3. The highest BCUT2D eigenvalue weighted by molar-refractivity contribution is 5.77. The summed E-state index contributed by atoms with van der Waals surface area (Å²) in [7, 11) is 0. The van der Waals surface area contributed by atoms with E-state index in [-0.39, 0.29) is 17.4 Å². The summed E-state index contributed by atoms with van der Waals surface area (Å²) in [6.45, 7) is 16.3. The summed E-state index contributed by atoms with van der Waals surface area (Å²) in [5.41, 5.74) is 0.154. The van der Waals surface area contributed by atoms with E-state index < -0.39 is 0 Å². The van der Waals surface area contributed by atoms with E-state index in [2.05, 4.69) is 39.9 Å². The smallest absolute Gasteiger partial charge is 0.222 e. The summed E-state index contributed by atoms with van der Waals surface area (Å²) >= 11 is 0. The lowest BCUT2D eigenvalue weighted by atomic mass is 9.82. The maximum Gasteiger partial charge on any atom is 0.222 e. The Labute approximate surface area is 132 Å². The molecular formula is C18H37NO2. The molecule has 0 rings (SSSR count). The third-order valence-electron chi connectivity index (χ3n) is 5.22. The van der Waals surface area contributed by atoms with Crippen molar-refractivity contribution in [3.05, 3.63) is 0 Å². The number of amides is 1. The van der Waals surface area contributed by atoms with Gasteiger partial charge in [-0.3, -0.25) is 4.79 Å². The van der Waals surface area contributed by atoms with Crippen LogP contribution in [0.25, 0.3) is 0 Å². The normalized spacial score (nSPS) is 12.8. The van der Waals surface area contributed by atoms with E-state index in [4.69, 9.17) is 4.74 Å². The lowest BCUT2D eigenvalue weighted by Crippen LogP contribution is -2.45. The van der Waals surface area contributed by atoms with Gasteiger partial charge in [-0.1, -0.05) is 61.3 Å². The van der Waals surface area contributed by atoms with Crippen molar-refractivity contribution in [2.75, 3.05) is 13.2 Å². The van der Waals surface area contributed by atoms with Gasteiger partial charge in [0.05, 0.1) is 5.60 Å². The van der Waals surface area contributed by atoms with Crippen LogP contribution in [0.5, 0.6) is 0 Å². The van der Waals surface area contributed by atoms with Crippen molar-refractivity contribution >= 4 is 5.91 Å². The van der Waals surface area contributed by atoms with Crippen molar-refractivity contribution in [1.29, 1.82) is 0 Å². The predicted molar refractivity (Wildman–Crippen MR) is 90.4 cm³/mol. The first-order valence-electron chi connectivity index (χ1n) is 8.69. The number of carbonyl (C=O) groups excluding carboxylic acids is 1. The fourth-order valence-electron chi connectivity index (χ4n) is 2.32. The molecule has 3 nitrogen and oxygen atoms in total. The van der Waals surface area contributed by atoms with Crippen molar-refractivity contribution < 1.29 is 9.53 Å². The van der Waals surface area contributed by atoms with Gasteiger partial charge in [-0.2, -0.15) is 0 Å². The Kier molecular flexibility index (Phi) is 9.19. The summed E-state index contributed by atoms with van der Waals surface area (Å²) in [6.07, 6.45) is 5.30. The average molecular weight is 299 g/mol. The zero-order chi connectivity index (χ0) is 16.5. The molecule has 0 aliphatic heterocycles. The van der Waals surface area contributed by atoms with Crippen LogP contribution >= 0.6 is 0 Å². The van der Waals surface area contributed by atoms with Crippen LogP contribution < -0.4 is 5.32 Å². The van der Waals surface area contributed by atoms with Gasteiger partial charge in [0, 0.05) is 19.1 Å². The molecule has 0 aromatic rings. The Morgan fingerprint density at radius 3 is 1.95 bits per heavy atom. The predicted octanol–water partition coefficient (Wildman–Crippen LogP) is 4.55. The molecule has 3 heteroatoms. The highest BCUT2D eigenvalue weighted by Crippen LogP contribution is 2.31. The molecule has 21 heavy (non-hydrogen) atoms. The van der Waals surface area contributed by atoms with Crippen LogP contribution in [0.15, 0.2) is 0 Å². The van der Waals surface area contributed by atoms with Gasteiger partial charge in [-0.25, -0.2) is 0 Å². The van der Waals surface area contributed by atoms with Crippen LogP contribution in [-0.2, 0) is 9.53 Å². The van der Waals surface area contributed by atoms with Crippen LogP contribution in [-0.4, -0.2) is 24.7 Å². The molecule has 0 atom stereocenters. The van der Waals surface area contributed by atoms with Gasteiger partial charge in [-0.05, 0) is 24.7 Å². The Morgan fingerprint density at radius 1 is 1.05 bits per heavy atom. The molecule has 0 fully saturated rings. The summed E-state index contributed by atoms with van der Waals surface area (Å²) in [5, 5.41) is 3.04. The minimum absolute atomic E-state index is 0.0277. The fraction of sp³-hybridized carbons (Fsp3) is 0.944. The Bertz CT molecular complexity index is 292. The molecule has 0 aliphatic carbocycles. The minimum atomic E-state index is -0.215. The van der Waals surface area contributed by atoms with E-state index >= 15 is 0 Å². The van der Waals surface area contributed by atoms with Gasteiger partial charge in [0.25, 0.3) is 0 Å². The van der Waals surface area contributed by atoms with Crippen molar-refractivity contribution in [2.45, 2.75) is 86.2 Å². The Hall–Kier alpha value is -0.570. The van der Waals surface area contributed by atoms with Crippen molar-refractivity contribution in [3.63, 3.8) is 0 Å². The number of carbonyl (C=O) groups is 1. The maximum absolute atomic E-state index is 11.8. The molecule has 0 spiro atoms. The SMILES string of the molecule is CCC(C)(CC)CCOC(CC)(CC)CNC(=O)C(C)C. The highest BCUT2D eigenvalue weighted by atomic mass is 16.5. The summed E-state index contributed by atoms with van der Waals surface area (Å²) < 4.78 is 6.24. The van der Waals surface area contributed by atoms with Crippen LogP contribution in [0, 0.1) is 11.3 Å². The van der Waals surface area contributed by atoms with Gasteiger partial charge in [0.2, 0.25) is 5.91 Å². The molecule has 0 saturated carbocycles. The van der Waals surface area contributed by atoms with Gasteiger partial charge in [0.15, 0.2) is 0 Å². The van der Waals surface area contributed by atoms with E-state index in [0.717, 1.165) is 25.9 Å². The highest BCUT2D eigenvalue weighted by Gasteiger charge is 2.29. The second-order valence-electron chi connectivity index (χ2n) is 6.88. The molecule has 0 unspecified atom stereocenters. The van der Waals surface area contributed by atoms with Crippen LogP contribution in [0.4, 0.5) is 0 Å². The molecule has 0 bridgehead atoms. The molecule has 0 radical (unpaired) electrons. The standard InChI is InChI=1S/C18H37NO2/c1-8-17(7,9-2)12-13-21-18(10-3,11-4)14-19-16(20)15(5)6/h15H,8-14H2,1-7H3,(H,19,20). The maximum atomic E-state index is 11.8. The number of hydrogen-bond acceptors (Lipinski definition) is 2.